The molecule has 4 rings (SSSR count). The van der Waals surface area contributed by atoms with E-state index in [0.29, 0.717) is 12.2 Å². The fourth-order valence-corrected chi connectivity index (χ4v) is 4.67. The van der Waals surface area contributed by atoms with Crippen molar-refractivity contribution in [3.8, 4) is 11.5 Å². The average molecular weight is 497 g/mol. The number of fused-ring (bicyclic) bond motifs is 1. The van der Waals surface area contributed by atoms with E-state index in [1.165, 1.54) is 41.7 Å². The molecule has 0 saturated heterocycles. The highest BCUT2D eigenvalue weighted by Gasteiger charge is 2.31. The number of nitrogens with zero attached hydrogens (tertiary/aromatic N) is 3. The first-order chi connectivity index (χ1) is 16.8. The number of carbonyl (C=O) groups excluding carboxylic acids is 1. The molecule has 0 unspecified atom stereocenters. The first-order valence-electron chi connectivity index (χ1n) is 11.2. The van der Waals surface area contributed by atoms with Crippen molar-refractivity contribution in [1.82, 2.24) is 15.2 Å². The van der Waals surface area contributed by atoms with Crippen LogP contribution in [0.5, 0.6) is 11.5 Å². The van der Waals surface area contributed by atoms with Crippen molar-refractivity contribution in [1.29, 1.82) is 0 Å². The predicted octanol–water partition coefficient (Wildman–Crippen LogP) is 4.21. The van der Waals surface area contributed by atoms with E-state index in [2.05, 4.69) is 47.2 Å². The van der Waals surface area contributed by atoms with Gasteiger partial charge in [0.15, 0.2) is 11.5 Å². The van der Waals surface area contributed by atoms with E-state index >= 15 is 0 Å². The molecule has 10 heteroatoms. The molecular weight excluding hydrogens is 468 g/mol. The van der Waals surface area contributed by atoms with Crippen molar-refractivity contribution in [2.24, 2.45) is 0 Å². The second-order valence-electron chi connectivity index (χ2n) is 8.98. The fourth-order valence-electron chi connectivity index (χ4n) is 4.13. The summed E-state index contributed by atoms with van der Waals surface area (Å²) >= 11 is 1.43. The molecule has 1 aliphatic heterocycles. The number of rotatable bonds is 9. The number of aromatic nitrogens is 1. The molecule has 0 atom stereocenters. The van der Waals surface area contributed by atoms with Gasteiger partial charge in [-0.25, -0.2) is 4.98 Å². The molecule has 0 saturated carbocycles. The molecule has 0 bridgehead atoms. The van der Waals surface area contributed by atoms with Gasteiger partial charge in [-0.2, -0.15) is 0 Å². The molecule has 1 aliphatic rings. The summed E-state index contributed by atoms with van der Waals surface area (Å²) in [6.45, 7) is 6.25. The third kappa shape index (κ3) is 5.60. The second kappa shape index (κ2) is 10.4. The van der Waals surface area contributed by atoms with Crippen LogP contribution in [0.4, 0.5) is 5.69 Å². The van der Waals surface area contributed by atoms with Crippen LogP contribution in [0, 0.1) is 10.1 Å². The number of thiazole rings is 1. The summed E-state index contributed by atoms with van der Waals surface area (Å²) < 4.78 is 11.1. The monoisotopic (exact) mass is 496 g/mol. The number of carbonyl (C=O) groups is 1. The van der Waals surface area contributed by atoms with Crippen molar-refractivity contribution in [2.75, 3.05) is 20.2 Å². The number of amides is 1. The lowest BCUT2D eigenvalue weighted by Gasteiger charge is -2.41. The first-order valence-corrected chi connectivity index (χ1v) is 12.2. The highest BCUT2D eigenvalue weighted by molar-refractivity contribution is 7.07. The maximum atomic E-state index is 13.1. The van der Waals surface area contributed by atoms with E-state index in [1.807, 2.05) is 11.4 Å². The van der Waals surface area contributed by atoms with E-state index in [-0.39, 0.29) is 34.9 Å². The standard InChI is InChI=1S/C25H28N4O5S/c1-25(2,28-9-8-17-6-4-5-7-18(17)12-28)15-26-24(30)20-10-22(33-3)23(11-21(20)29(31)32)34-13-19-14-35-16-27-19/h4-7,10-11,14,16H,8-9,12-13,15H2,1-3H3,(H,26,30). The van der Waals surface area contributed by atoms with Gasteiger partial charge in [-0.3, -0.25) is 19.8 Å². The highest BCUT2D eigenvalue weighted by Crippen LogP contribution is 2.35. The van der Waals surface area contributed by atoms with E-state index < -0.39 is 10.8 Å². The Morgan fingerprint density at radius 1 is 1.26 bits per heavy atom. The molecule has 1 amide bonds. The maximum absolute atomic E-state index is 13.1. The lowest BCUT2D eigenvalue weighted by atomic mass is 9.94. The zero-order valence-electron chi connectivity index (χ0n) is 19.9. The maximum Gasteiger partial charge on any atom is 0.286 e. The molecule has 1 N–H and O–H groups in total. The summed E-state index contributed by atoms with van der Waals surface area (Å²) in [4.78, 5) is 30.7. The first kappa shape index (κ1) is 24.6. The van der Waals surface area contributed by atoms with Crippen molar-refractivity contribution in [2.45, 2.75) is 39.0 Å². The highest BCUT2D eigenvalue weighted by atomic mass is 32.1. The van der Waals surface area contributed by atoms with Gasteiger partial charge in [0.05, 0.1) is 29.3 Å². The van der Waals surface area contributed by atoms with Gasteiger partial charge in [-0.05, 0) is 31.4 Å². The molecule has 3 aromatic rings. The van der Waals surface area contributed by atoms with Crippen molar-refractivity contribution < 1.29 is 19.2 Å². The van der Waals surface area contributed by atoms with Gasteiger partial charge >= 0.3 is 0 Å². The zero-order valence-corrected chi connectivity index (χ0v) is 20.8. The Balaban J connectivity index is 1.48. The average Bonchev–Trinajstić information content (AvgIpc) is 3.39. The van der Waals surface area contributed by atoms with Gasteiger partial charge in [0.2, 0.25) is 0 Å². The number of nitrogens with one attached hydrogen (secondary N) is 1. The lowest BCUT2D eigenvalue weighted by Crippen LogP contribution is -2.53. The molecule has 184 valence electrons. The SMILES string of the molecule is COc1cc(C(=O)NCC(C)(C)N2CCc3ccccc3C2)c([N+](=O)[O-])cc1OCc1cscn1. The van der Waals surface area contributed by atoms with E-state index in [1.54, 1.807) is 5.51 Å². The lowest BCUT2D eigenvalue weighted by molar-refractivity contribution is -0.385. The molecule has 1 aromatic heterocycles. The van der Waals surface area contributed by atoms with Crippen LogP contribution in [-0.2, 0) is 19.6 Å². The number of ether oxygens (including phenoxy) is 2. The van der Waals surface area contributed by atoms with Crippen LogP contribution >= 0.6 is 11.3 Å². The topological polar surface area (TPSA) is 107 Å². The summed E-state index contributed by atoms with van der Waals surface area (Å²) in [7, 11) is 1.43. The predicted molar refractivity (Wildman–Crippen MR) is 133 cm³/mol. The quantitative estimate of drug-likeness (QED) is 0.349. The summed E-state index contributed by atoms with van der Waals surface area (Å²) in [5.41, 5.74) is 4.24. The Hall–Kier alpha value is -3.50. The van der Waals surface area contributed by atoms with Crippen LogP contribution in [-0.4, -0.2) is 46.5 Å². The van der Waals surface area contributed by atoms with Crippen LogP contribution in [0.25, 0.3) is 0 Å². The minimum atomic E-state index is -0.587. The summed E-state index contributed by atoms with van der Waals surface area (Å²) in [5, 5.41) is 16.5. The Kier molecular flexibility index (Phi) is 7.32. The van der Waals surface area contributed by atoms with Crippen molar-refractivity contribution >= 4 is 22.9 Å². The van der Waals surface area contributed by atoms with Gasteiger partial charge in [-0.15, -0.1) is 11.3 Å². The number of hydrogen-bond acceptors (Lipinski definition) is 8. The molecule has 0 spiro atoms. The number of benzene rings is 2. The van der Waals surface area contributed by atoms with E-state index in [0.717, 1.165) is 19.5 Å². The van der Waals surface area contributed by atoms with Gasteiger partial charge in [0, 0.05) is 36.6 Å². The van der Waals surface area contributed by atoms with Gasteiger partial charge in [-0.1, -0.05) is 24.3 Å². The molecule has 0 fully saturated rings. The van der Waals surface area contributed by atoms with Crippen molar-refractivity contribution in [3.63, 3.8) is 0 Å². The number of hydrogen-bond donors (Lipinski definition) is 1. The number of nitro groups is 1. The molecular formula is C25H28N4O5S. The Labute approximate surface area is 207 Å². The molecule has 9 nitrogen and oxygen atoms in total. The second-order valence-corrected chi connectivity index (χ2v) is 9.70. The minimum absolute atomic E-state index is 0.0763. The Bertz CT molecular complexity index is 1210. The normalized spacial score (nSPS) is 13.7. The van der Waals surface area contributed by atoms with Gasteiger partial charge < -0.3 is 14.8 Å². The number of nitro benzene ring substituents is 1. The van der Waals surface area contributed by atoms with Gasteiger partial charge in [0.1, 0.15) is 12.2 Å². The third-order valence-electron chi connectivity index (χ3n) is 6.25. The Morgan fingerprint density at radius 3 is 2.71 bits per heavy atom. The fraction of sp³-hybridized carbons (Fsp3) is 0.360. The van der Waals surface area contributed by atoms with Crippen LogP contribution < -0.4 is 14.8 Å². The summed E-state index contributed by atoms with van der Waals surface area (Å²) in [6, 6.07) is 11.0. The van der Waals surface area contributed by atoms with E-state index in [4.69, 9.17) is 9.47 Å². The smallest absolute Gasteiger partial charge is 0.286 e. The van der Waals surface area contributed by atoms with Crippen LogP contribution in [0.3, 0.4) is 0 Å². The molecule has 35 heavy (non-hydrogen) atoms. The van der Waals surface area contributed by atoms with Crippen LogP contribution in [0.2, 0.25) is 0 Å². The Morgan fingerprint density at radius 2 is 2.03 bits per heavy atom. The minimum Gasteiger partial charge on any atom is -0.493 e. The zero-order chi connectivity index (χ0) is 25.0. The molecule has 0 aliphatic carbocycles. The van der Waals surface area contributed by atoms with Crippen LogP contribution in [0.15, 0.2) is 47.3 Å². The third-order valence-corrected chi connectivity index (χ3v) is 6.89. The molecule has 2 heterocycles. The van der Waals surface area contributed by atoms with Crippen LogP contribution in [0.1, 0.15) is 41.0 Å². The van der Waals surface area contributed by atoms with E-state index in [9.17, 15) is 14.9 Å². The molecule has 0 radical (unpaired) electrons. The summed E-state index contributed by atoms with van der Waals surface area (Å²) in [6.07, 6.45) is 0.943. The van der Waals surface area contributed by atoms with Gasteiger partial charge in [0.25, 0.3) is 11.6 Å². The number of methoxy groups -OCH3 is 1. The van der Waals surface area contributed by atoms with Crippen molar-refractivity contribution in [3.05, 3.63) is 79.8 Å². The molecule has 2 aromatic carbocycles. The largest absolute Gasteiger partial charge is 0.493 e. The summed E-state index contributed by atoms with van der Waals surface area (Å²) in [5.74, 6) is -0.120.